The van der Waals surface area contributed by atoms with Gasteiger partial charge in [0, 0.05) is 0 Å². The van der Waals surface area contributed by atoms with E-state index in [4.69, 9.17) is 27.9 Å². The zero-order chi connectivity index (χ0) is 24.0. The third kappa shape index (κ3) is 6.04. The lowest BCUT2D eigenvalue weighted by molar-refractivity contribution is -0.119. The van der Waals surface area contributed by atoms with Crippen LogP contribution in [0.1, 0.15) is 11.1 Å². The maximum absolute atomic E-state index is 13.4. The normalized spacial score (nSPS) is 11.4. The number of benzene rings is 3. The van der Waals surface area contributed by atoms with Gasteiger partial charge in [-0.2, -0.15) is 5.10 Å². The monoisotopic (exact) mass is 505 g/mol. The van der Waals surface area contributed by atoms with Crippen LogP contribution in [0.3, 0.4) is 0 Å². The Morgan fingerprint density at radius 2 is 1.79 bits per heavy atom. The van der Waals surface area contributed by atoms with Crippen LogP contribution < -0.4 is 14.5 Å². The van der Waals surface area contributed by atoms with Crippen molar-refractivity contribution in [1.29, 1.82) is 0 Å². The summed E-state index contributed by atoms with van der Waals surface area (Å²) in [6.07, 6.45) is 1.38. The largest absolute Gasteiger partial charge is 0.495 e. The number of halogens is 2. The van der Waals surface area contributed by atoms with Crippen molar-refractivity contribution in [1.82, 2.24) is 5.43 Å². The average molecular weight is 506 g/mol. The second kappa shape index (κ2) is 10.7. The molecule has 0 atom stereocenters. The summed E-state index contributed by atoms with van der Waals surface area (Å²) in [5.41, 5.74) is 4.00. The van der Waals surface area contributed by atoms with Crippen molar-refractivity contribution < 1.29 is 17.9 Å². The molecule has 0 spiro atoms. The van der Waals surface area contributed by atoms with Crippen LogP contribution in [0.15, 0.2) is 76.7 Å². The molecule has 0 aliphatic heterocycles. The number of nitrogens with one attached hydrogen (secondary N) is 1. The minimum atomic E-state index is -4.08. The summed E-state index contributed by atoms with van der Waals surface area (Å²) in [4.78, 5) is 12.7. The van der Waals surface area contributed by atoms with Gasteiger partial charge in [0.05, 0.1) is 34.0 Å². The van der Waals surface area contributed by atoms with E-state index in [0.717, 1.165) is 9.87 Å². The van der Waals surface area contributed by atoms with Gasteiger partial charge in [0.2, 0.25) is 0 Å². The van der Waals surface area contributed by atoms with E-state index in [1.54, 1.807) is 54.6 Å². The summed E-state index contributed by atoms with van der Waals surface area (Å²) >= 11 is 11.9. The third-order valence-electron chi connectivity index (χ3n) is 4.57. The van der Waals surface area contributed by atoms with Gasteiger partial charge in [0.25, 0.3) is 15.9 Å². The Bertz CT molecular complexity index is 1280. The summed E-state index contributed by atoms with van der Waals surface area (Å²) in [6, 6.07) is 17.8. The molecule has 3 rings (SSSR count). The number of sulfonamides is 1. The summed E-state index contributed by atoms with van der Waals surface area (Å²) < 4.78 is 33.2. The van der Waals surface area contributed by atoms with Crippen molar-refractivity contribution in [2.45, 2.75) is 11.8 Å². The van der Waals surface area contributed by atoms with E-state index in [1.807, 2.05) is 6.92 Å². The summed E-state index contributed by atoms with van der Waals surface area (Å²) in [6.45, 7) is 1.30. The Labute approximate surface area is 202 Å². The highest BCUT2D eigenvalue weighted by Gasteiger charge is 2.29. The third-order valence-corrected chi connectivity index (χ3v) is 7.08. The molecule has 0 saturated heterocycles. The molecule has 0 bridgehead atoms. The zero-order valence-corrected chi connectivity index (χ0v) is 20.2. The van der Waals surface area contributed by atoms with Crippen molar-refractivity contribution in [3.8, 4) is 5.75 Å². The van der Waals surface area contributed by atoms with Crippen molar-refractivity contribution in [3.05, 3.63) is 87.9 Å². The van der Waals surface area contributed by atoms with E-state index in [-0.39, 0.29) is 10.6 Å². The number of hydrogen-bond acceptors (Lipinski definition) is 5. The topological polar surface area (TPSA) is 88.1 Å². The van der Waals surface area contributed by atoms with Gasteiger partial charge in [-0.1, -0.05) is 53.5 Å². The zero-order valence-electron chi connectivity index (χ0n) is 17.8. The Morgan fingerprint density at radius 1 is 1.06 bits per heavy atom. The SMILES string of the molecule is COc1ccc(C)cc1N(CC(=O)N/N=C/c1ccc(Cl)c(Cl)c1)S(=O)(=O)c1ccccc1. The van der Waals surface area contributed by atoms with E-state index in [2.05, 4.69) is 10.5 Å². The van der Waals surface area contributed by atoms with Crippen molar-refractivity contribution in [3.63, 3.8) is 0 Å². The van der Waals surface area contributed by atoms with Crippen LogP contribution in [-0.4, -0.2) is 34.2 Å². The van der Waals surface area contributed by atoms with Gasteiger partial charge in [0.1, 0.15) is 12.3 Å². The Morgan fingerprint density at radius 3 is 2.45 bits per heavy atom. The summed E-state index contributed by atoms with van der Waals surface area (Å²) in [5, 5.41) is 4.64. The van der Waals surface area contributed by atoms with Gasteiger partial charge in [0.15, 0.2) is 0 Å². The fourth-order valence-corrected chi connectivity index (χ4v) is 4.70. The molecule has 1 N–H and O–H groups in total. The lowest BCUT2D eigenvalue weighted by Gasteiger charge is -2.25. The number of rotatable bonds is 8. The molecular formula is C23H21Cl2N3O4S. The summed E-state index contributed by atoms with van der Waals surface area (Å²) in [7, 11) is -2.64. The number of anilines is 1. The number of ether oxygens (including phenoxy) is 1. The molecule has 0 aliphatic carbocycles. The van der Waals surface area contributed by atoms with Crippen LogP contribution in [0.2, 0.25) is 10.0 Å². The number of aryl methyl sites for hydroxylation is 1. The van der Waals surface area contributed by atoms with Crippen LogP contribution >= 0.6 is 23.2 Å². The maximum Gasteiger partial charge on any atom is 0.264 e. The molecular weight excluding hydrogens is 485 g/mol. The first-order chi connectivity index (χ1) is 15.7. The van der Waals surface area contributed by atoms with Crippen LogP contribution in [0, 0.1) is 6.92 Å². The highest BCUT2D eigenvalue weighted by atomic mass is 35.5. The van der Waals surface area contributed by atoms with Gasteiger partial charge in [-0.25, -0.2) is 13.8 Å². The molecule has 0 aliphatic rings. The molecule has 0 aromatic heterocycles. The van der Waals surface area contributed by atoms with E-state index in [1.165, 1.54) is 25.5 Å². The predicted molar refractivity (Wildman–Crippen MR) is 131 cm³/mol. The van der Waals surface area contributed by atoms with Crippen molar-refractivity contribution >= 4 is 51.0 Å². The molecule has 33 heavy (non-hydrogen) atoms. The molecule has 0 unspecified atom stereocenters. The smallest absolute Gasteiger partial charge is 0.264 e. The first kappa shape index (κ1) is 24.6. The molecule has 0 saturated carbocycles. The number of carbonyl (C=O) groups is 1. The quantitative estimate of drug-likeness (QED) is 0.356. The van der Waals surface area contributed by atoms with Gasteiger partial charge in [-0.15, -0.1) is 0 Å². The van der Waals surface area contributed by atoms with Gasteiger partial charge >= 0.3 is 0 Å². The number of hydrazone groups is 1. The summed E-state index contributed by atoms with van der Waals surface area (Å²) in [5.74, 6) is -0.332. The molecule has 0 fully saturated rings. The van der Waals surface area contributed by atoms with Crippen LogP contribution in [0.4, 0.5) is 5.69 Å². The maximum atomic E-state index is 13.4. The van der Waals surface area contributed by atoms with E-state index in [9.17, 15) is 13.2 Å². The van der Waals surface area contributed by atoms with Gasteiger partial charge in [-0.05, 0) is 54.4 Å². The highest BCUT2D eigenvalue weighted by molar-refractivity contribution is 7.92. The van der Waals surface area contributed by atoms with Crippen LogP contribution in [-0.2, 0) is 14.8 Å². The molecule has 172 valence electrons. The molecule has 1 amide bonds. The Balaban J connectivity index is 1.90. The minimum Gasteiger partial charge on any atom is -0.495 e. The van der Waals surface area contributed by atoms with E-state index in [0.29, 0.717) is 21.4 Å². The Hall–Kier alpha value is -3.07. The average Bonchev–Trinajstić information content (AvgIpc) is 2.80. The highest BCUT2D eigenvalue weighted by Crippen LogP contribution is 2.33. The molecule has 0 heterocycles. The molecule has 3 aromatic rings. The Kier molecular flexibility index (Phi) is 7.97. The molecule has 7 nitrogen and oxygen atoms in total. The van der Waals surface area contributed by atoms with Crippen molar-refractivity contribution in [2.24, 2.45) is 5.10 Å². The molecule has 3 aromatic carbocycles. The van der Waals surface area contributed by atoms with Crippen LogP contribution in [0.5, 0.6) is 5.75 Å². The van der Waals surface area contributed by atoms with E-state index < -0.39 is 22.5 Å². The molecule has 0 radical (unpaired) electrons. The number of methoxy groups -OCH3 is 1. The second-order valence-electron chi connectivity index (χ2n) is 6.97. The fraction of sp³-hybridized carbons (Fsp3) is 0.130. The van der Waals surface area contributed by atoms with Crippen LogP contribution in [0.25, 0.3) is 0 Å². The van der Waals surface area contributed by atoms with Gasteiger partial charge in [-0.3, -0.25) is 9.10 Å². The lowest BCUT2D eigenvalue weighted by atomic mass is 10.2. The minimum absolute atomic E-state index is 0.0423. The fourth-order valence-electron chi connectivity index (χ4n) is 2.95. The number of amides is 1. The van der Waals surface area contributed by atoms with Crippen molar-refractivity contribution in [2.75, 3.05) is 18.0 Å². The number of nitrogens with zero attached hydrogens (tertiary/aromatic N) is 2. The lowest BCUT2D eigenvalue weighted by Crippen LogP contribution is -2.39. The van der Waals surface area contributed by atoms with Gasteiger partial charge < -0.3 is 4.74 Å². The second-order valence-corrected chi connectivity index (χ2v) is 9.64. The van der Waals surface area contributed by atoms with E-state index >= 15 is 0 Å². The number of hydrogen-bond donors (Lipinski definition) is 1. The number of carbonyl (C=O) groups excluding carboxylic acids is 1. The first-order valence-electron chi connectivity index (χ1n) is 9.72. The predicted octanol–water partition coefficient (Wildman–Crippen LogP) is 4.66. The first-order valence-corrected chi connectivity index (χ1v) is 11.9. The standard InChI is InChI=1S/C23H21Cl2N3O4S/c1-16-8-11-22(32-2)21(12-16)28(33(30,31)18-6-4-3-5-7-18)15-23(29)27-26-14-17-9-10-19(24)20(25)13-17/h3-14H,15H2,1-2H3,(H,27,29)/b26-14+. The molecule has 10 heteroatoms.